The molecule has 0 saturated carbocycles. The third-order valence-electron chi connectivity index (χ3n) is 4.56. The molecule has 1 aromatic heterocycles. The Labute approximate surface area is 147 Å². The van der Waals surface area contributed by atoms with Crippen LogP contribution in [0.4, 0.5) is 0 Å². The number of nitrogens with zero attached hydrogens (tertiary/aromatic N) is 2. The van der Waals surface area contributed by atoms with Gasteiger partial charge in [0.1, 0.15) is 5.69 Å². The zero-order valence-electron chi connectivity index (χ0n) is 15.0. The van der Waals surface area contributed by atoms with Crippen molar-refractivity contribution in [1.82, 2.24) is 15.1 Å². The molecule has 0 saturated heterocycles. The number of hydrogen-bond donors (Lipinski definition) is 1. The van der Waals surface area contributed by atoms with Crippen molar-refractivity contribution in [2.75, 3.05) is 20.8 Å². The number of aromatic nitrogens is 2. The van der Waals surface area contributed by atoms with Gasteiger partial charge in [-0.05, 0) is 36.8 Å². The van der Waals surface area contributed by atoms with Gasteiger partial charge in [-0.2, -0.15) is 5.10 Å². The Kier molecular flexibility index (Phi) is 4.59. The smallest absolute Gasteiger partial charge is 0.272 e. The molecule has 25 heavy (non-hydrogen) atoms. The van der Waals surface area contributed by atoms with Gasteiger partial charge in [0.25, 0.3) is 5.91 Å². The lowest BCUT2D eigenvalue weighted by molar-refractivity contribution is 0.0361. The molecule has 3 aromatic rings. The third-order valence-corrected chi connectivity index (χ3v) is 4.56. The summed E-state index contributed by atoms with van der Waals surface area (Å²) in [6.07, 6.45) is 0. The number of hydrogen-bond acceptors (Lipinski definition) is 3. The molecule has 1 heterocycles. The van der Waals surface area contributed by atoms with Crippen molar-refractivity contribution in [3.63, 3.8) is 0 Å². The van der Waals surface area contributed by atoms with E-state index in [0.717, 1.165) is 16.6 Å². The van der Waals surface area contributed by atoms with Crippen molar-refractivity contribution >= 4 is 16.7 Å². The molecule has 0 atom stereocenters. The lowest BCUT2D eigenvalue weighted by Gasteiger charge is -2.34. The summed E-state index contributed by atoms with van der Waals surface area (Å²) in [4.78, 5) is 14.4. The molecule has 5 nitrogen and oxygen atoms in total. The first-order valence-corrected chi connectivity index (χ1v) is 8.24. The topological polar surface area (TPSA) is 58.2 Å². The number of ether oxygens (including phenoxy) is 1. The molecule has 0 aliphatic rings. The Balaban J connectivity index is 1.87. The van der Waals surface area contributed by atoms with Crippen LogP contribution in [0.25, 0.3) is 22.0 Å². The minimum absolute atomic E-state index is 0.110. The van der Waals surface area contributed by atoms with Crippen LogP contribution in [0.5, 0.6) is 0 Å². The Morgan fingerprint density at radius 3 is 2.60 bits per heavy atom. The predicted octanol–water partition coefficient (Wildman–Crippen LogP) is 3.73. The van der Waals surface area contributed by atoms with E-state index in [4.69, 9.17) is 4.74 Å². The molecule has 5 heteroatoms. The number of aromatic amines is 1. The van der Waals surface area contributed by atoms with Gasteiger partial charge in [-0.15, -0.1) is 0 Å². The van der Waals surface area contributed by atoms with Crippen molar-refractivity contribution in [2.24, 2.45) is 0 Å². The van der Waals surface area contributed by atoms with Crippen LogP contribution in [0.2, 0.25) is 0 Å². The number of rotatable bonds is 5. The van der Waals surface area contributed by atoms with Crippen LogP contribution in [0, 0.1) is 0 Å². The van der Waals surface area contributed by atoms with E-state index in [1.165, 1.54) is 5.39 Å². The number of carbonyl (C=O) groups is 1. The van der Waals surface area contributed by atoms with Gasteiger partial charge >= 0.3 is 0 Å². The molecule has 0 radical (unpaired) electrons. The number of benzene rings is 2. The van der Waals surface area contributed by atoms with E-state index >= 15 is 0 Å². The van der Waals surface area contributed by atoms with E-state index in [1.807, 2.05) is 32.0 Å². The molecule has 1 amide bonds. The average Bonchev–Trinajstić information content (AvgIpc) is 3.10. The van der Waals surface area contributed by atoms with Crippen molar-refractivity contribution in [3.05, 3.63) is 54.2 Å². The summed E-state index contributed by atoms with van der Waals surface area (Å²) in [6, 6.07) is 16.1. The molecule has 0 fully saturated rings. The number of nitrogens with one attached hydrogen (secondary N) is 1. The number of likely N-dealkylation sites (N-methyl/N-ethyl adjacent to an activating group) is 1. The van der Waals surface area contributed by atoms with Gasteiger partial charge in [0.2, 0.25) is 0 Å². The maximum absolute atomic E-state index is 12.7. The zero-order chi connectivity index (χ0) is 18.0. The van der Waals surface area contributed by atoms with E-state index in [2.05, 4.69) is 34.5 Å². The van der Waals surface area contributed by atoms with Gasteiger partial charge in [-0.3, -0.25) is 9.89 Å². The number of methoxy groups -OCH3 is 1. The molecule has 1 N–H and O–H groups in total. The van der Waals surface area contributed by atoms with Crippen molar-refractivity contribution in [2.45, 2.75) is 19.4 Å². The highest BCUT2D eigenvalue weighted by atomic mass is 16.5. The maximum atomic E-state index is 12.7. The Morgan fingerprint density at radius 2 is 1.88 bits per heavy atom. The Hall–Kier alpha value is -2.66. The third kappa shape index (κ3) is 3.42. The second-order valence-electron chi connectivity index (χ2n) is 6.84. The van der Waals surface area contributed by atoms with E-state index in [1.54, 1.807) is 25.1 Å². The molecule has 0 aliphatic heterocycles. The first-order chi connectivity index (χ1) is 11.9. The Morgan fingerprint density at radius 1 is 1.16 bits per heavy atom. The fourth-order valence-electron chi connectivity index (χ4n) is 2.83. The second-order valence-corrected chi connectivity index (χ2v) is 6.84. The minimum atomic E-state index is -0.403. The summed E-state index contributed by atoms with van der Waals surface area (Å²) in [5.74, 6) is -0.110. The van der Waals surface area contributed by atoms with Crippen LogP contribution in [0.1, 0.15) is 24.3 Å². The molecule has 2 aromatic carbocycles. The van der Waals surface area contributed by atoms with Crippen molar-refractivity contribution in [1.29, 1.82) is 0 Å². The van der Waals surface area contributed by atoms with Crippen molar-refractivity contribution < 1.29 is 9.53 Å². The summed E-state index contributed by atoms with van der Waals surface area (Å²) < 4.78 is 5.21. The van der Waals surface area contributed by atoms with E-state index in [0.29, 0.717) is 12.3 Å². The highest BCUT2D eigenvalue weighted by Crippen LogP contribution is 2.24. The summed E-state index contributed by atoms with van der Waals surface area (Å²) in [6.45, 7) is 4.39. The first-order valence-electron chi connectivity index (χ1n) is 8.24. The Bertz CT molecular complexity index is 899. The molecule has 0 aliphatic carbocycles. The second kappa shape index (κ2) is 6.69. The molecule has 0 spiro atoms. The number of carbonyl (C=O) groups excluding carboxylic acids is 1. The van der Waals surface area contributed by atoms with Crippen LogP contribution in [-0.4, -0.2) is 47.3 Å². The average molecular weight is 337 g/mol. The maximum Gasteiger partial charge on any atom is 0.272 e. The van der Waals surface area contributed by atoms with E-state index in [-0.39, 0.29) is 5.91 Å². The van der Waals surface area contributed by atoms with Gasteiger partial charge in [-0.25, -0.2) is 0 Å². The van der Waals surface area contributed by atoms with Crippen LogP contribution < -0.4 is 0 Å². The molecule has 130 valence electrons. The summed E-state index contributed by atoms with van der Waals surface area (Å²) in [5, 5.41) is 9.51. The number of fused-ring (bicyclic) bond motifs is 1. The number of amides is 1. The van der Waals surface area contributed by atoms with E-state index < -0.39 is 5.54 Å². The van der Waals surface area contributed by atoms with Gasteiger partial charge in [0.15, 0.2) is 0 Å². The summed E-state index contributed by atoms with van der Waals surface area (Å²) in [7, 11) is 3.41. The van der Waals surface area contributed by atoms with Crippen molar-refractivity contribution in [3.8, 4) is 11.3 Å². The minimum Gasteiger partial charge on any atom is -0.382 e. The normalized spacial score (nSPS) is 11.7. The molecule has 0 bridgehead atoms. The monoisotopic (exact) mass is 337 g/mol. The first kappa shape index (κ1) is 17.2. The van der Waals surface area contributed by atoms with Crippen LogP contribution in [0.3, 0.4) is 0 Å². The number of H-pyrrole nitrogens is 1. The fourth-order valence-corrected chi connectivity index (χ4v) is 2.83. The van der Waals surface area contributed by atoms with Gasteiger partial charge in [0, 0.05) is 19.7 Å². The van der Waals surface area contributed by atoms with Gasteiger partial charge < -0.3 is 9.64 Å². The molecular formula is C20H23N3O2. The molecule has 0 unspecified atom stereocenters. The summed E-state index contributed by atoms with van der Waals surface area (Å²) >= 11 is 0. The van der Waals surface area contributed by atoms with Gasteiger partial charge in [-0.1, -0.05) is 36.4 Å². The lowest BCUT2D eigenvalue weighted by atomic mass is 10.0. The highest BCUT2D eigenvalue weighted by Gasteiger charge is 2.29. The standard InChI is InChI=1S/C20H23N3O2/c1-20(2,13-25-4)23(3)19(24)18-12-17(21-22-18)16-10-9-14-7-5-6-8-15(14)11-16/h5-12H,13H2,1-4H3,(H,21,22). The zero-order valence-corrected chi connectivity index (χ0v) is 15.0. The lowest BCUT2D eigenvalue weighted by Crippen LogP contribution is -2.48. The predicted molar refractivity (Wildman–Crippen MR) is 99.6 cm³/mol. The quantitative estimate of drug-likeness (QED) is 0.772. The summed E-state index contributed by atoms with van der Waals surface area (Å²) in [5.41, 5.74) is 1.80. The van der Waals surface area contributed by atoms with Crippen LogP contribution in [0.15, 0.2) is 48.5 Å². The highest BCUT2D eigenvalue weighted by molar-refractivity contribution is 5.94. The van der Waals surface area contributed by atoms with Crippen LogP contribution in [-0.2, 0) is 4.74 Å². The SMILES string of the molecule is COCC(C)(C)N(C)C(=O)c1cc(-c2ccc3ccccc3c2)n[nH]1. The van der Waals surface area contributed by atoms with Gasteiger partial charge in [0.05, 0.1) is 17.8 Å². The van der Waals surface area contributed by atoms with Crippen LogP contribution >= 0.6 is 0 Å². The van der Waals surface area contributed by atoms with E-state index in [9.17, 15) is 4.79 Å². The fraction of sp³-hybridized carbons (Fsp3) is 0.300. The largest absolute Gasteiger partial charge is 0.382 e. The molecular weight excluding hydrogens is 314 g/mol. The molecule has 3 rings (SSSR count).